The molecular formula is C37H6F10N8O3. The predicted octanol–water partition coefficient (Wildman–Crippen LogP) is 10.9. The highest BCUT2D eigenvalue weighted by Crippen LogP contribution is 2.63. The SMILES string of the molecule is [C-]#[N+]C1=C(F)/C(=C(/C#N)c2cc([N+]#[C-])cc([N+]#[C-])c2)c2c(OC(F)(F)F)c3c(c(OC(F)(F)F)c21)C(C#N)=C(OC(F)(F)F)/C3=C(/[N+]#[C-])c1cc(C#N)cc(C#N)c1. The van der Waals surface area contributed by atoms with Crippen LogP contribution in [-0.2, 0) is 4.74 Å². The Hall–Kier alpha value is -8.76. The molecule has 21 heteroatoms. The standard InChI is InChI=1S/C37H6F10N8O3/c1-52-19-8-17(9-20(10-19)53-2)21(13-50)23-25-28(31(55-4)29(23)38)33(57-36(42,43)44)24-22(14-51)32(56-35(39,40)41)27(26(24)34(25)58-37(45,46)47)30(54-3)18-6-15(11-48)5-16(7-18)12-49/h5-10H/b23-21-,30-27+. The number of ether oxygens (including phenoxy) is 3. The number of rotatable bonds is 5. The van der Waals surface area contributed by atoms with Crippen molar-refractivity contribution in [3.05, 3.63) is 138 Å². The first kappa shape index (κ1) is 40.4. The number of nitriles is 4. The summed E-state index contributed by atoms with van der Waals surface area (Å²) < 4.78 is 158. The first-order valence-corrected chi connectivity index (χ1v) is 14.8. The van der Waals surface area contributed by atoms with Gasteiger partial charge in [0.15, 0.2) is 11.4 Å². The molecule has 58 heavy (non-hydrogen) atoms. The Balaban J connectivity index is 2.22. The maximum Gasteiger partial charge on any atom is 0.573 e. The number of fused-ring (bicyclic) bond motifs is 2. The Morgan fingerprint density at radius 1 is 0.569 bits per heavy atom. The van der Waals surface area contributed by atoms with Gasteiger partial charge in [0.1, 0.15) is 40.8 Å². The van der Waals surface area contributed by atoms with E-state index >= 15 is 4.39 Å². The molecule has 5 rings (SSSR count). The number of hydrogen-bond acceptors (Lipinski definition) is 7. The zero-order valence-corrected chi connectivity index (χ0v) is 27.5. The summed E-state index contributed by atoms with van der Waals surface area (Å²) in [5, 5.41) is 39.6. The van der Waals surface area contributed by atoms with Gasteiger partial charge in [-0.1, -0.05) is 18.2 Å². The van der Waals surface area contributed by atoms with Gasteiger partial charge < -0.3 is 14.2 Å². The van der Waals surface area contributed by atoms with Crippen LogP contribution in [0.15, 0.2) is 48.0 Å². The van der Waals surface area contributed by atoms with E-state index in [0.29, 0.717) is 0 Å². The Labute approximate surface area is 317 Å². The molecule has 2 aliphatic rings. The van der Waals surface area contributed by atoms with Gasteiger partial charge in [0, 0.05) is 33.4 Å². The normalized spacial score (nSPS) is 14.9. The Kier molecular flexibility index (Phi) is 10.1. The van der Waals surface area contributed by atoms with Crippen LogP contribution < -0.4 is 9.47 Å². The third-order valence-corrected chi connectivity index (χ3v) is 7.78. The van der Waals surface area contributed by atoms with Gasteiger partial charge in [-0.2, -0.15) is 21.0 Å². The van der Waals surface area contributed by atoms with Crippen molar-refractivity contribution in [1.29, 1.82) is 21.0 Å². The number of benzene rings is 3. The molecule has 3 aromatic rings. The van der Waals surface area contributed by atoms with Crippen molar-refractivity contribution >= 4 is 45.1 Å². The fraction of sp³-hybridized carbons (Fsp3) is 0.0811. The van der Waals surface area contributed by atoms with Gasteiger partial charge in [-0.25, -0.2) is 23.8 Å². The molecule has 0 N–H and O–H groups in total. The van der Waals surface area contributed by atoms with Crippen molar-refractivity contribution in [3.63, 3.8) is 0 Å². The highest BCUT2D eigenvalue weighted by atomic mass is 19.4. The van der Waals surface area contributed by atoms with E-state index in [2.05, 4.69) is 33.6 Å². The molecule has 282 valence electrons. The minimum atomic E-state index is -6.04. The largest absolute Gasteiger partial charge is 0.573 e. The van der Waals surface area contributed by atoms with Crippen molar-refractivity contribution in [2.45, 2.75) is 19.1 Å². The van der Waals surface area contributed by atoms with Crippen LogP contribution in [0.3, 0.4) is 0 Å². The molecule has 11 nitrogen and oxygen atoms in total. The number of nitrogens with zero attached hydrogens (tertiary/aromatic N) is 8. The molecule has 0 fully saturated rings. The molecule has 0 amide bonds. The summed E-state index contributed by atoms with van der Waals surface area (Å²) in [7, 11) is 0. The lowest BCUT2D eigenvalue weighted by Crippen LogP contribution is -2.22. The van der Waals surface area contributed by atoms with E-state index in [1.807, 2.05) is 0 Å². The summed E-state index contributed by atoms with van der Waals surface area (Å²) in [6.07, 6.45) is -18.0. The topological polar surface area (TPSA) is 140 Å². The van der Waals surface area contributed by atoms with Gasteiger partial charge in [0.25, 0.3) is 0 Å². The second-order valence-corrected chi connectivity index (χ2v) is 11.1. The zero-order valence-electron chi connectivity index (χ0n) is 27.5. The third-order valence-electron chi connectivity index (χ3n) is 7.78. The van der Waals surface area contributed by atoms with Crippen LogP contribution in [0.2, 0.25) is 0 Å². The molecule has 0 aromatic heterocycles. The Bertz CT molecular complexity index is 2810. The van der Waals surface area contributed by atoms with Crippen molar-refractivity contribution in [2.75, 3.05) is 0 Å². The fourth-order valence-electron chi connectivity index (χ4n) is 5.95. The Morgan fingerprint density at radius 3 is 1.48 bits per heavy atom. The second kappa shape index (κ2) is 14.5. The van der Waals surface area contributed by atoms with E-state index in [0.717, 1.165) is 42.5 Å². The van der Waals surface area contributed by atoms with E-state index in [4.69, 9.17) is 26.3 Å². The van der Waals surface area contributed by atoms with Gasteiger partial charge in [0.2, 0.25) is 11.4 Å². The van der Waals surface area contributed by atoms with Crippen LogP contribution in [0, 0.1) is 71.6 Å². The quantitative estimate of drug-likeness (QED) is 0.142. The summed E-state index contributed by atoms with van der Waals surface area (Å²) in [5.74, 6) is -7.95. The van der Waals surface area contributed by atoms with Crippen LogP contribution >= 0.6 is 0 Å². The van der Waals surface area contributed by atoms with Gasteiger partial charge in [-0.15, -0.1) is 39.5 Å². The van der Waals surface area contributed by atoms with Crippen molar-refractivity contribution in [2.24, 2.45) is 0 Å². The molecule has 0 atom stereocenters. The average molecular weight is 800 g/mol. The molecule has 0 bridgehead atoms. The number of allylic oxidation sites excluding steroid dienone is 5. The van der Waals surface area contributed by atoms with Crippen LogP contribution in [-0.4, -0.2) is 19.1 Å². The lowest BCUT2D eigenvalue weighted by Gasteiger charge is -2.24. The highest BCUT2D eigenvalue weighted by Gasteiger charge is 2.51. The molecule has 0 heterocycles. The molecule has 0 saturated carbocycles. The molecule has 0 aliphatic heterocycles. The second-order valence-electron chi connectivity index (χ2n) is 11.1. The third kappa shape index (κ3) is 7.22. The fourth-order valence-corrected chi connectivity index (χ4v) is 5.95. The number of hydrogen-bond donors (Lipinski definition) is 0. The van der Waals surface area contributed by atoms with Crippen LogP contribution in [0.25, 0.3) is 53.1 Å². The summed E-state index contributed by atoms with van der Waals surface area (Å²) >= 11 is 0. The summed E-state index contributed by atoms with van der Waals surface area (Å²) in [4.78, 5) is 12.0. The minimum Gasteiger partial charge on any atom is -0.406 e. The van der Waals surface area contributed by atoms with Gasteiger partial charge in [-0.05, 0) is 29.3 Å². The maximum atomic E-state index is 16.7. The molecule has 2 aliphatic carbocycles. The predicted molar refractivity (Wildman–Crippen MR) is 175 cm³/mol. The van der Waals surface area contributed by atoms with Crippen molar-refractivity contribution < 1.29 is 58.1 Å². The monoisotopic (exact) mass is 800 g/mol. The lowest BCUT2D eigenvalue weighted by atomic mass is 9.88. The minimum absolute atomic E-state index is 0.424. The van der Waals surface area contributed by atoms with Gasteiger partial charge in [0.05, 0.1) is 55.1 Å². The first-order valence-electron chi connectivity index (χ1n) is 14.8. The highest BCUT2D eigenvalue weighted by molar-refractivity contribution is 6.21. The maximum absolute atomic E-state index is 16.7. The summed E-state index contributed by atoms with van der Waals surface area (Å²) in [6.45, 7) is 30.2. The average Bonchev–Trinajstić information content (AvgIpc) is 3.62. The zero-order chi connectivity index (χ0) is 43.1. The number of halogens is 10. The summed E-state index contributed by atoms with van der Waals surface area (Å²) in [6, 6.07) is 10.5. The van der Waals surface area contributed by atoms with E-state index in [9.17, 15) is 60.6 Å². The summed E-state index contributed by atoms with van der Waals surface area (Å²) in [5.41, 5.74) is -18.7. The van der Waals surface area contributed by atoms with Crippen LogP contribution in [0.5, 0.6) is 11.5 Å². The number of alkyl halides is 9. The molecule has 0 unspecified atom stereocenters. The molecule has 0 spiro atoms. The van der Waals surface area contributed by atoms with E-state index in [1.165, 1.54) is 6.07 Å². The van der Waals surface area contributed by atoms with E-state index in [1.54, 1.807) is 12.1 Å². The van der Waals surface area contributed by atoms with Gasteiger partial charge in [-0.3, -0.25) is 0 Å². The Morgan fingerprint density at radius 2 is 1.07 bits per heavy atom. The molecule has 3 aromatic carbocycles. The molecule has 0 radical (unpaired) electrons. The van der Waals surface area contributed by atoms with Crippen LogP contribution in [0.1, 0.15) is 44.5 Å². The van der Waals surface area contributed by atoms with Gasteiger partial charge >= 0.3 is 19.1 Å². The van der Waals surface area contributed by atoms with Crippen molar-refractivity contribution in [1.82, 2.24) is 0 Å². The first-order chi connectivity index (χ1) is 27.2. The molecular weight excluding hydrogens is 794 g/mol. The van der Waals surface area contributed by atoms with E-state index in [-0.39, 0.29) is 0 Å². The van der Waals surface area contributed by atoms with E-state index < -0.39 is 132 Å². The lowest BCUT2D eigenvalue weighted by molar-refractivity contribution is -0.302. The smallest absolute Gasteiger partial charge is 0.406 e. The van der Waals surface area contributed by atoms with Crippen LogP contribution in [0.4, 0.5) is 55.3 Å². The molecule has 0 saturated heterocycles. The van der Waals surface area contributed by atoms with Crippen molar-refractivity contribution in [3.8, 4) is 35.8 Å².